The minimum Gasteiger partial charge on any atom is -0.346 e. The lowest BCUT2D eigenvalue weighted by Gasteiger charge is -2.01. The molecule has 14 heavy (non-hydrogen) atoms. The van der Waals surface area contributed by atoms with E-state index < -0.39 is 0 Å². The molecule has 0 spiro atoms. The first-order valence-corrected chi connectivity index (χ1v) is 5.56. The highest BCUT2D eigenvalue weighted by Crippen LogP contribution is 2.13. The van der Waals surface area contributed by atoms with Crippen LogP contribution in [0.5, 0.6) is 0 Å². The Labute approximate surface area is 85.3 Å². The van der Waals surface area contributed by atoms with Gasteiger partial charge in [0.1, 0.15) is 0 Å². The van der Waals surface area contributed by atoms with E-state index >= 15 is 0 Å². The van der Waals surface area contributed by atoms with Crippen molar-refractivity contribution in [2.24, 2.45) is 0 Å². The van der Waals surface area contributed by atoms with E-state index in [9.17, 15) is 9.59 Å². The van der Waals surface area contributed by atoms with E-state index in [2.05, 4.69) is 12.2 Å². The maximum atomic E-state index is 11.2. The van der Waals surface area contributed by atoms with Gasteiger partial charge in [0.15, 0.2) is 5.78 Å². The Hall–Kier alpha value is -0.860. The van der Waals surface area contributed by atoms with Crippen LogP contribution in [0.15, 0.2) is 0 Å². The third-order valence-corrected chi connectivity index (χ3v) is 2.48. The van der Waals surface area contributed by atoms with E-state index in [0.29, 0.717) is 12.8 Å². The zero-order valence-electron chi connectivity index (χ0n) is 8.84. The van der Waals surface area contributed by atoms with Gasteiger partial charge in [-0.3, -0.25) is 9.59 Å². The molecule has 1 aliphatic carbocycles. The molecule has 1 fully saturated rings. The maximum Gasteiger partial charge on any atom is 0.220 e. The van der Waals surface area contributed by atoms with Crippen LogP contribution in [-0.2, 0) is 9.59 Å². The number of hydrogen-bond donors (Lipinski definition) is 1. The average Bonchev–Trinajstić information content (AvgIpc) is 2.81. The number of ketones is 1. The predicted molar refractivity (Wildman–Crippen MR) is 54.9 cm³/mol. The van der Waals surface area contributed by atoms with Gasteiger partial charge in [-0.1, -0.05) is 32.6 Å². The summed E-state index contributed by atoms with van der Waals surface area (Å²) in [5.41, 5.74) is 0. The van der Waals surface area contributed by atoms with Crippen LogP contribution < -0.4 is 5.32 Å². The summed E-state index contributed by atoms with van der Waals surface area (Å²) in [7, 11) is 0. The molecule has 1 amide bonds. The standard InChI is InChI=1S/C11H19NO2/c1-2-3-4-5-6-7-11(14)12-9-8-10(9)13/h9H,2-8H2,1H3,(H,12,14). The lowest BCUT2D eigenvalue weighted by Crippen LogP contribution is -2.26. The van der Waals surface area contributed by atoms with Gasteiger partial charge in [-0.2, -0.15) is 0 Å². The molecule has 0 saturated heterocycles. The third kappa shape index (κ3) is 4.40. The van der Waals surface area contributed by atoms with Crippen molar-refractivity contribution in [2.75, 3.05) is 0 Å². The van der Waals surface area contributed by atoms with Gasteiger partial charge in [-0.05, 0) is 6.42 Å². The summed E-state index contributed by atoms with van der Waals surface area (Å²) in [4.78, 5) is 21.8. The monoisotopic (exact) mass is 197 g/mol. The first-order chi connectivity index (χ1) is 6.74. The molecule has 0 aromatic heterocycles. The molecular weight excluding hydrogens is 178 g/mol. The molecule has 1 unspecified atom stereocenters. The van der Waals surface area contributed by atoms with Crippen molar-refractivity contribution in [1.29, 1.82) is 0 Å². The number of Topliss-reactive ketones (excluding diaryl/α,β-unsaturated/α-hetero) is 1. The Morgan fingerprint density at radius 3 is 2.57 bits per heavy atom. The van der Waals surface area contributed by atoms with Crippen molar-refractivity contribution >= 4 is 11.7 Å². The molecule has 1 rings (SSSR count). The van der Waals surface area contributed by atoms with Crippen LogP contribution in [-0.4, -0.2) is 17.7 Å². The molecule has 0 heterocycles. The highest BCUT2D eigenvalue weighted by Gasteiger charge is 2.35. The zero-order chi connectivity index (χ0) is 10.4. The molecule has 0 aromatic carbocycles. The zero-order valence-corrected chi connectivity index (χ0v) is 8.84. The summed E-state index contributed by atoms with van der Waals surface area (Å²) >= 11 is 0. The van der Waals surface area contributed by atoms with Crippen molar-refractivity contribution in [3.8, 4) is 0 Å². The largest absolute Gasteiger partial charge is 0.346 e. The molecule has 1 N–H and O–H groups in total. The van der Waals surface area contributed by atoms with Gasteiger partial charge in [0.25, 0.3) is 0 Å². The molecule has 0 radical (unpaired) electrons. The van der Waals surface area contributed by atoms with Crippen LogP contribution in [0.1, 0.15) is 51.9 Å². The summed E-state index contributed by atoms with van der Waals surface area (Å²) in [6.45, 7) is 2.17. The predicted octanol–water partition coefficient (Wildman–Crippen LogP) is 1.80. The normalized spacial score (nSPS) is 19.5. The molecule has 0 bridgehead atoms. The summed E-state index contributed by atoms with van der Waals surface area (Å²) in [6, 6.07) is -0.141. The highest BCUT2D eigenvalue weighted by molar-refractivity contribution is 6.02. The van der Waals surface area contributed by atoms with Gasteiger partial charge in [0, 0.05) is 12.8 Å². The van der Waals surface area contributed by atoms with Gasteiger partial charge in [-0.25, -0.2) is 0 Å². The summed E-state index contributed by atoms with van der Waals surface area (Å²) in [6.07, 6.45) is 6.89. The molecular formula is C11H19NO2. The molecule has 3 heteroatoms. The highest BCUT2D eigenvalue weighted by atomic mass is 16.2. The second-order valence-electron chi connectivity index (χ2n) is 3.95. The van der Waals surface area contributed by atoms with E-state index in [-0.39, 0.29) is 17.7 Å². The Morgan fingerprint density at radius 2 is 2.00 bits per heavy atom. The molecule has 1 saturated carbocycles. The summed E-state index contributed by atoms with van der Waals surface area (Å²) < 4.78 is 0. The van der Waals surface area contributed by atoms with Crippen LogP contribution in [0.25, 0.3) is 0 Å². The number of carbonyl (C=O) groups excluding carboxylic acids is 2. The van der Waals surface area contributed by atoms with Gasteiger partial charge < -0.3 is 5.32 Å². The smallest absolute Gasteiger partial charge is 0.220 e. The van der Waals surface area contributed by atoms with E-state index in [1.54, 1.807) is 0 Å². The molecule has 3 nitrogen and oxygen atoms in total. The number of amides is 1. The van der Waals surface area contributed by atoms with Crippen LogP contribution in [0.3, 0.4) is 0 Å². The minimum absolute atomic E-state index is 0.0392. The first kappa shape index (κ1) is 11.2. The van der Waals surface area contributed by atoms with Crippen LogP contribution in [0.4, 0.5) is 0 Å². The molecule has 80 valence electrons. The van der Waals surface area contributed by atoms with Gasteiger partial charge >= 0.3 is 0 Å². The fraction of sp³-hybridized carbons (Fsp3) is 0.818. The van der Waals surface area contributed by atoms with Gasteiger partial charge in [-0.15, -0.1) is 0 Å². The Kier molecular flexibility index (Phi) is 4.63. The van der Waals surface area contributed by atoms with Crippen LogP contribution in [0, 0.1) is 0 Å². The number of nitrogens with one attached hydrogen (secondary N) is 1. The summed E-state index contributed by atoms with van der Waals surface area (Å²) in [5, 5.41) is 2.71. The number of hydrogen-bond acceptors (Lipinski definition) is 2. The van der Waals surface area contributed by atoms with Crippen molar-refractivity contribution in [1.82, 2.24) is 5.32 Å². The van der Waals surface area contributed by atoms with Crippen LogP contribution in [0.2, 0.25) is 0 Å². The molecule has 1 atom stereocenters. The topological polar surface area (TPSA) is 46.2 Å². The maximum absolute atomic E-state index is 11.2. The van der Waals surface area contributed by atoms with E-state index in [0.717, 1.165) is 12.8 Å². The third-order valence-electron chi connectivity index (χ3n) is 2.48. The molecule has 0 aliphatic heterocycles. The Balaban J connectivity index is 1.90. The fourth-order valence-electron chi connectivity index (χ4n) is 1.43. The SMILES string of the molecule is CCCCCCCC(=O)NC1CC1=O. The number of rotatable bonds is 7. The second-order valence-corrected chi connectivity index (χ2v) is 3.95. The lowest BCUT2D eigenvalue weighted by molar-refractivity contribution is -0.122. The number of unbranched alkanes of at least 4 members (excludes halogenated alkanes) is 4. The molecule has 1 aliphatic rings. The average molecular weight is 197 g/mol. The van der Waals surface area contributed by atoms with Gasteiger partial charge in [0.2, 0.25) is 5.91 Å². The van der Waals surface area contributed by atoms with E-state index in [4.69, 9.17) is 0 Å². The second kappa shape index (κ2) is 5.78. The summed E-state index contributed by atoms with van der Waals surface area (Å²) in [5.74, 6) is 0.210. The van der Waals surface area contributed by atoms with Crippen molar-refractivity contribution in [2.45, 2.75) is 57.9 Å². The Bertz CT molecular complexity index is 213. The van der Waals surface area contributed by atoms with E-state index in [1.807, 2.05) is 0 Å². The molecule has 0 aromatic rings. The fourth-order valence-corrected chi connectivity index (χ4v) is 1.43. The quantitative estimate of drug-likeness (QED) is 0.633. The number of carbonyl (C=O) groups is 2. The van der Waals surface area contributed by atoms with Crippen LogP contribution >= 0.6 is 0 Å². The lowest BCUT2D eigenvalue weighted by atomic mass is 10.1. The van der Waals surface area contributed by atoms with Crippen molar-refractivity contribution < 1.29 is 9.59 Å². The van der Waals surface area contributed by atoms with Crippen molar-refractivity contribution in [3.05, 3.63) is 0 Å². The van der Waals surface area contributed by atoms with Gasteiger partial charge in [0.05, 0.1) is 6.04 Å². The minimum atomic E-state index is -0.141. The Morgan fingerprint density at radius 1 is 1.36 bits per heavy atom. The first-order valence-electron chi connectivity index (χ1n) is 5.56. The van der Waals surface area contributed by atoms with E-state index in [1.165, 1.54) is 19.3 Å². The van der Waals surface area contributed by atoms with Crippen molar-refractivity contribution in [3.63, 3.8) is 0 Å².